The average molecular weight is 857 g/mol. The van der Waals surface area contributed by atoms with Crippen LogP contribution in [0.2, 0.25) is 0 Å². The van der Waals surface area contributed by atoms with Gasteiger partial charge in [-0.2, -0.15) is 0 Å². The number of ether oxygens (including phenoxy) is 7. The SMILES string of the molecule is COC(=O)CCC(=O)OC1C(OC)C2OC1C1C(=O)N(c3ccccc3)C(=O)C21.COC1C(OC(=O)CCC(=O)O)C2OC1C1C(=O)N(c3ccccc3)C(=O)C21.S=S. The van der Waals surface area contributed by atoms with E-state index in [2.05, 4.69) is 27.1 Å². The van der Waals surface area contributed by atoms with Crippen LogP contribution in [0.1, 0.15) is 25.7 Å². The number of hydrogen-bond donors (Lipinski definition) is 1. The number of hydrogen-bond acceptors (Lipinski definition) is 17. The lowest BCUT2D eigenvalue weighted by molar-refractivity contribution is -0.163. The van der Waals surface area contributed by atoms with Crippen molar-refractivity contribution in [3.05, 3.63) is 60.7 Å². The number of fused-ring (bicyclic) bond motifs is 10. The molecule has 1 N–H and O–H groups in total. The molecule has 6 aliphatic rings. The third kappa shape index (κ3) is 7.99. The predicted octanol–water partition coefficient (Wildman–Crippen LogP) is 0.813. The molecule has 20 heteroatoms. The summed E-state index contributed by atoms with van der Waals surface area (Å²) in [6.45, 7) is 0. The highest BCUT2D eigenvalue weighted by molar-refractivity contribution is 8.07. The van der Waals surface area contributed by atoms with E-state index in [1.165, 1.54) is 26.2 Å². The number of anilines is 2. The van der Waals surface area contributed by atoms with Gasteiger partial charge in [0.25, 0.3) is 0 Å². The van der Waals surface area contributed by atoms with Gasteiger partial charge >= 0.3 is 23.9 Å². The first-order valence-corrected chi connectivity index (χ1v) is 19.8. The highest BCUT2D eigenvalue weighted by Crippen LogP contribution is 2.52. The largest absolute Gasteiger partial charge is 0.481 e. The lowest BCUT2D eigenvalue weighted by Crippen LogP contribution is -2.50. The molecule has 314 valence electrons. The Hall–Kier alpha value is -5.12. The van der Waals surface area contributed by atoms with Crippen molar-refractivity contribution in [1.29, 1.82) is 0 Å². The molecule has 0 spiro atoms. The first kappa shape index (κ1) is 43.5. The van der Waals surface area contributed by atoms with Gasteiger partial charge in [-0.05, 0) is 24.3 Å². The van der Waals surface area contributed by atoms with Crippen LogP contribution in [0.25, 0.3) is 0 Å². The maximum atomic E-state index is 13.1. The lowest BCUT2D eigenvalue weighted by atomic mass is 9.78. The van der Waals surface area contributed by atoms with Gasteiger partial charge in [-0.1, -0.05) is 36.4 Å². The van der Waals surface area contributed by atoms with E-state index in [-0.39, 0.29) is 43.4 Å². The summed E-state index contributed by atoms with van der Waals surface area (Å²) < 4.78 is 38.0. The van der Waals surface area contributed by atoms with Gasteiger partial charge in [-0.3, -0.25) is 38.4 Å². The van der Waals surface area contributed by atoms with Crippen LogP contribution in [0, 0.1) is 23.7 Å². The minimum atomic E-state index is -1.11. The molecule has 0 aromatic heterocycles. The van der Waals surface area contributed by atoms with Gasteiger partial charge in [0.1, 0.15) is 36.6 Å². The highest BCUT2D eigenvalue weighted by Gasteiger charge is 2.72. The summed E-state index contributed by atoms with van der Waals surface area (Å²) >= 11 is 7.33. The number of amides is 4. The Morgan fingerprint density at radius 2 is 0.864 bits per heavy atom. The van der Waals surface area contributed by atoms with Gasteiger partial charge < -0.3 is 38.3 Å². The van der Waals surface area contributed by atoms with Crippen molar-refractivity contribution in [3.63, 3.8) is 0 Å². The number of carbonyl (C=O) groups is 8. The molecule has 2 aromatic carbocycles. The van der Waals surface area contributed by atoms with Crippen molar-refractivity contribution >= 4 is 81.3 Å². The predicted molar refractivity (Wildman–Crippen MR) is 203 cm³/mol. The number of methoxy groups -OCH3 is 3. The molecule has 8 rings (SSSR count). The van der Waals surface area contributed by atoms with Crippen LogP contribution in [0.15, 0.2) is 60.7 Å². The summed E-state index contributed by atoms with van der Waals surface area (Å²) in [5.41, 5.74) is 0.979. The quantitative estimate of drug-likeness (QED) is 0.177. The summed E-state index contributed by atoms with van der Waals surface area (Å²) in [7, 11) is 4.09. The molecule has 6 heterocycles. The molecule has 0 saturated carbocycles. The molecule has 2 aromatic rings. The van der Waals surface area contributed by atoms with Crippen LogP contribution in [-0.2, 0) is 93.9 Å². The van der Waals surface area contributed by atoms with E-state index in [1.54, 1.807) is 60.7 Å². The van der Waals surface area contributed by atoms with E-state index < -0.39 is 102 Å². The zero-order chi connectivity index (χ0) is 42.7. The molecule has 12 unspecified atom stereocenters. The van der Waals surface area contributed by atoms with Crippen LogP contribution < -0.4 is 9.80 Å². The van der Waals surface area contributed by atoms with E-state index in [0.29, 0.717) is 11.4 Å². The minimum Gasteiger partial charge on any atom is -0.481 e. The van der Waals surface area contributed by atoms with E-state index in [0.717, 1.165) is 4.90 Å². The molecule has 6 aliphatic heterocycles. The fourth-order valence-corrected chi connectivity index (χ4v) is 8.79. The molecule has 4 bridgehead atoms. The normalized spacial score (nSPS) is 31.8. The van der Waals surface area contributed by atoms with Crippen LogP contribution in [0.5, 0.6) is 0 Å². The van der Waals surface area contributed by atoms with E-state index >= 15 is 0 Å². The summed E-state index contributed by atoms with van der Waals surface area (Å²) in [6.07, 6.45) is -6.96. The minimum absolute atomic E-state index is 0.111. The maximum absolute atomic E-state index is 13.1. The molecule has 18 nitrogen and oxygen atoms in total. The number of nitrogens with zero attached hydrogens (tertiary/aromatic N) is 2. The summed E-state index contributed by atoms with van der Waals surface area (Å²) in [5, 5.41) is 8.71. The van der Waals surface area contributed by atoms with Gasteiger partial charge in [-0.25, -0.2) is 9.80 Å². The fourth-order valence-electron chi connectivity index (χ4n) is 8.79. The number of rotatable bonds is 12. The highest BCUT2D eigenvalue weighted by atomic mass is 32.8. The van der Waals surface area contributed by atoms with Crippen molar-refractivity contribution in [3.8, 4) is 0 Å². The second-order valence-electron chi connectivity index (χ2n) is 14.2. The average Bonchev–Trinajstić information content (AvgIpc) is 4.08. The van der Waals surface area contributed by atoms with Crippen molar-refractivity contribution in [2.75, 3.05) is 31.1 Å². The fraction of sp³-hybridized carbons (Fsp3) is 0.487. The smallest absolute Gasteiger partial charge is 0.306 e. The van der Waals surface area contributed by atoms with Crippen molar-refractivity contribution < 1.29 is 76.6 Å². The van der Waals surface area contributed by atoms with E-state index in [9.17, 15) is 38.4 Å². The van der Waals surface area contributed by atoms with Gasteiger partial charge in [0.05, 0.1) is 67.8 Å². The maximum Gasteiger partial charge on any atom is 0.306 e. The molecule has 59 heavy (non-hydrogen) atoms. The summed E-state index contributed by atoms with van der Waals surface area (Å²) in [6, 6.07) is 17.3. The molecule has 6 fully saturated rings. The van der Waals surface area contributed by atoms with E-state index in [1.807, 2.05) is 0 Å². The standard InChI is InChI=1S/C20H21NO8.C19H19NO8.S2/c1-26-11(22)8-9-12(23)28-18-16-14-13(15(29-16)17(18)27-2)19(24)21(20(14)25)10-6-4-3-5-7-10;1-26-16-14-12-13(15(28-14)17(16)27-11(23)8-7-10(21)22)19(25)20(18(12)24)9-5-3-2-4-6-9;1-2/h3-7,13-18H,8-9H2,1-2H3;2-6,12-17H,7-8H2,1H3,(H,21,22);. The molecule has 6 saturated heterocycles. The topological polar surface area (TPSA) is 228 Å². The molecule has 4 amide bonds. The van der Waals surface area contributed by atoms with Gasteiger partial charge in [0.15, 0.2) is 12.2 Å². The lowest BCUT2D eigenvalue weighted by Gasteiger charge is -2.31. The monoisotopic (exact) mass is 856 g/mol. The Balaban J connectivity index is 0.000000191. The Morgan fingerprint density at radius 1 is 0.542 bits per heavy atom. The molecule has 0 aliphatic carbocycles. The first-order chi connectivity index (χ1) is 28.4. The molecular weight excluding hydrogens is 817 g/mol. The summed E-state index contributed by atoms with van der Waals surface area (Å²) in [5.74, 6) is -7.30. The number of benzene rings is 2. The van der Waals surface area contributed by atoms with Gasteiger partial charge in [0.2, 0.25) is 23.6 Å². The Labute approximate surface area is 346 Å². The Bertz CT molecular complexity index is 1970. The number of esters is 3. The number of carbonyl (C=O) groups excluding carboxylic acids is 7. The van der Waals surface area contributed by atoms with Crippen LogP contribution >= 0.6 is 0 Å². The van der Waals surface area contributed by atoms with Crippen molar-refractivity contribution in [2.24, 2.45) is 23.7 Å². The van der Waals surface area contributed by atoms with Gasteiger partial charge in [-0.15, -0.1) is 0 Å². The molecule has 12 atom stereocenters. The number of carboxylic acids is 1. The van der Waals surface area contributed by atoms with Gasteiger partial charge in [0, 0.05) is 36.6 Å². The van der Waals surface area contributed by atoms with E-state index in [4.69, 9.17) is 33.5 Å². The van der Waals surface area contributed by atoms with Crippen LogP contribution in [0.4, 0.5) is 11.4 Å². The van der Waals surface area contributed by atoms with Crippen LogP contribution in [-0.4, -0.2) is 123 Å². The van der Waals surface area contributed by atoms with Crippen molar-refractivity contribution in [1.82, 2.24) is 0 Å². The second-order valence-corrected chi connectivity index (χ2v) is 14.2. The zero-order valence-corrected chi connectivity index (χ0v) is 33.4. The molecular formula is C39H40N2O16S2. The Morgan fingerprint density at radius 3 is 1.19 bits per heavy atom. The molecule has 0 radical (unpaired) electrons. The third-order valence-electron chi connectivity index (χ3n) is 11.2. The zero-order valence-electron chi connectivity index (χ0n) is 31.8. The number of para-hydroxylation sites is 2. The second kappa shape index (κ2) is 18.4. The van der Waals surface area contributed by atoms with Crippen LogP contribution in [0.3, 0.4) is 0 Å². The van der Waals surface area contributed by atoms with Crippen molar-refractivity contribution in [2.45, 2.75) is 74.5 Å². The number of aliphatic carboxylic acids is 1. The Kier molecular flexibility index (Phi) is 13.6. The summed E-state index contributed by atoms with van der Waals surface area (Å²) in [4.78, 5) is 100. The number of imide groups is 2. The first-order valence-electron chi connectivity index (χ1n) is 18.5. The number of carboxylic acid groups (broad SMARTS) is 1. The third-order valence-corrected chi connectivity index (χ3v) is 11.2.